The van der Waals surface area contributed by atoms with Crippen molar-refractivity contribution in [1.29, 1.82) is 0 Å². The minimum Gasteiger partial charge on any atom is -0.436 e. The molecule has 1 aromatic heterocycles. The Morgan fingerprint density at radius 2 is 2.00 bits per heavy atom. The lowest BCUT2D eigenvalue weighted by atomic mass is 10.1. The molecule has 0 fully saturated rings. The zero-order valence-corrected chi connectivity index (χ0v) is 11.3. The third-order valence-electron chi connectivity index (χ3n) is 2.64. The minimum atomic E-state index is -0.639. The maximum Gasteiger partial charge on any atom is 0.260 e. The van der Waals surface area contributed by atoms with Gasteiger partial charge in [0.05, 0.1) is 6.20 Å². The van der Waals surface area contributed by atoms with Crippen molar-refractivity contribution in [3.05, 3.63) is 47.1 Å². The monoisotopic (exact) mass is 280 g/mol. The Balaban J connectivity index is 2.08. The predicted octanol–water partition coefficient (Wildman–Crippen LogP) is 4.40. The summed E-state index contributed by atoms with van der Waals surface area (Å²) in [5.41, 5.74) is 1.23. The zero-order chi connectivity index (χ0) is 13.7. The molecule has 0 aliphatic rings. The Hall–Kier alpha value is -1.68. The highest BCUT2D eigenvalue weighted by Gasteiger charge is 2.08. The fourth-order valence-corrected chi connectivity index (χ4v) is 1.75. The van der Waals surface area contributed by atoms with E-state index < -0.39 is 5.82 Å². The number of benzene rings is 1. The van der Waals surface area contributed by atoms with E-state index in [9.17, 15) is 4.39 Å². The molecule has 0 N–H and O–H groups in total. The lowest BCUT2D eigenvalue weighted by Crippen LogP contribution is -1.94. The number of hydrogen-bond acceptors (Lipinski definition) is 3. The second kappa shape index (κ2) is 6.48. The van der Waals surface area contributed by atoms with Crippen LogP contribution in [0.4, 0.5) is 4.39 Å². The summed E-state index contributed by atoms with van der Waals surface area (Å²) >= 11 is 5.60. The quantitative estimate of drug-likeness (QED) is 0.761. The van der Waals surface area contributed by atoms with Gasteiger partial charge in [-0.05, 0) is 42.1 Å². The molecular weight excluding hydrogens is 267 g/mol. The Labute approximate surface area is 116 Å². The SMILES string of the molecule is CCCCc1ccc(Oc2nc(Cl)ncc2F)cc1. The third-order valence-corrected chi connectivity index (χ3v) is 2.82. The molecule has 0 amide bonds. The van der Waals surface area contributed by atoms with Crippen LogP contribution in [0.25, 0.3) is 0 Å². The van der Waals surface area contributed by atoms with Gasteiger partial charge in [0.25, 0.3) is 5.88 Å². The first-order chi connectivity index (χ1) is 9.19. The Kier molecular flexibility index (Phi) is 4.68. The van der Waals surface area contributed by atoms with Gasteiger partial charge < -0.3 is 4.74 Å². The molecular formula is C14H14ClFN2O. The first kappa shape index (κ1) is 13.7. The number of aryl methyl sites for hydroxylation is 1. The van der Waals surface area contributed by atoms with Crippen molar-refractivity contribution in [3.63, 3.8) is 0 Å². The standard InChI is InChI=1S/C14H14ClFN2O/c1-2-3-4-10-5-7-11(8-6-10)19-13-12(16)9-17-14(15)18-13/h5-9H,2-4H2,1H3. The van der Waals surface area contributed by atoms with Crippen LogP contribution in [0.2, 0.25) is 5.28 Å². The van der Waals surface area contributed by atoms with E-state index in [1.807, 2.05) is 12.1 Å². The number of halogens is 2. The summed E-state index contributed by atoms with van der Waals surface area (Å²) in [4.78, 5) is 7.23. The van der Waals surface area contributed by atoms with Crippen molar-refractivity contribution in [1.82, 2.24) is 9.97 Å². The van der Waals surface area contributed by atoms with Crippen LogP contribution in [0.3, 0.4) is 0 Å². The van der Waals surface area contributed by atoms with Gasteiger partial charge in [0.1, 0.15) is 5.75 Å². The summed E-state index contributed by atoms with van der Waals surface area (Å²) in [6.07, 6.45) is 4.32. The number of unbranched alkanes of at least 4 members (excludes halogenated alkanes) is 1. The molecule has 0 atom stereocenters. The smallest absolute Gasteiger partial charge is 0.260 e. The highest BCUT2D eigenvalue weighted by molar-refractivity contribution is 6.28. The van der Waals surface area contributed by atoms with Gasteiger partial charge in [-0.2, -0.15) is 9.37 Å². The molecule has 5 heteroatoms. The molecule has 2 rings (SSSR count). The van der Waals surface area contributed by atoms with Gasteiger partial charge in [-0.25, -0.2) is 4.98 Å². The summed E-state index contributed by atoms with van der Waals surface area (Å²) < 4.78 is 18.7. The fraction of sp³-hybridized carbons (Fsp3) is 0.286. The number of hydrogen-bond donors (Lipinski definition) is 0. The van der Waals surface area contributed by atoms with E-state index in [4.69, 9.17) is 16.3 Å². The van der Waals surface area contributed by atoms with Crippen LogP contribution in [0.15, 0.2) is 30.5 Å². The molecule has 0 saturated carbocycles. The molecule has 0 radical (unpaired) electrons. The van der Waals surface area contributed by atoms with E-state index in [1.165, 1.54) is 5.56 Å². The van der Waals surface area contributed by atoms with E-state index in [-0.39, 0.29) is 11.2 Å². The lowest BCUT2D eigenvalue weighted by Gasteiger charge is -2.06. The van der Waals surface area contributed by atoms with Gasteiger partial charge >= 0.3 is 0 Å². The van der Waals surface area contributed by atoms with Crippen molar-refractivity contribution in [2.75, 3.05) is 0 Å². The zero-order valence-electron chi connectivity index (χ0n) is 10.6. The van der Waals surface area contributed by atoms with Gasteiger partial charge in [-0.3, -0.25) is 0 Å². The maximum atomic E-state index is 13.4. The van der Waals surface area contributed by atoms with Crippen LogP contribution < -0.4 is 4.74 Å². The second-order valence-corrected chi connectivity index (χ2v) is 4.48. The summed E-state index contributed by atoms with van der Waals surface area (Å²) in [6, 6.07) is 7.51. The van der Waals surface area contributed by atoms with E-state index in [1.54, 1.807) is 12.1 Å². The third kappa shape index (κ3) is 3.89. The Morgan fingerprint density at radius 3 is 2.68 bits per heavy atom. The molecule has 0 unspecified atom stereocenters. The molecule has 0 bridgehead atoms. The maximum absolute atomic E-state index is 13.4. The second-order valence-electron chi connectivity index (χ2n) is 4.14. The van der Waals surface area contributed by atoms with Gasteiger partial charge in [0, 0.05) is 0 Å². The van der Waals surface area contributed by atoms with Gasteiger partial charge in [-0.15, -0.1) is 0 Å². The van der Waals surface area contributed by atoms with Crippen molar-refractivity contribution in [2.24, 2.45) is 0 Å². The minimum absolute atomic E-state index is 0.0454. The molecule has 1 aromatic carbocycles. The van der Waals surface area contributed by atoms with Crippen LogP contribution >= 0.6 is 11.6 Å². The largest absolute Gasteiger partial charge is 0.436 e. The predicted molar refractivity (Wildman–Crippen MR) is 72.1 cm³/mol. The van der Waals surface area contributed by atoms with Crippen LogP contribution in [0, 0.1) is 5.82 Å². The molecule has 0 saturated heterocycles. The van der Waals surface area contributed by atoms with Crippen molar-refractivity contribution in [2.45, 2.75) is 26.2 Å². The van der Waals surface area contributed by atoms with Crippen LogP contribution in [0.1, 0.15) is 25.3 Å². The average Bonchev–Trinajstić information content (AvgIpc) is 2.42. The van der Waals surface area contributed by atoms with E-state index in [0.717, 1.165) is 25.5 Å². The van der Waals surface area contributed by atoms with Crippen molar-refractivity contribution >= 4 is 11.6 Å². The van der Waals surface area contributed by atoms with E-state index in [0.29, 0.717) is 5.75 Å². The first-order valence-electron chi connectivity index (χ1n) is 6.14. The first-order valence-corrected chi connectivity index (χ1v) is 6.51. The molecule has 0 aliphatic carbocycles. The molecule has 3 nitrogen and oxygen atoms in total. The topological polar surface area (TPSA) is 35.0 Å². The molecule has 100 valence electrons. The Bertz CT molecular complexity index is 546. The van der Waals surface area contributed by atoms with Gasteiger partial charge in [0.15, 0.2) is 0 Å². The number of aromatic nitrogens is 2. The normalized spacial score (nSPS) is 10.5. The highest BCUT2D eigenvalue weighted by Crippen LogP contribution is 2.23. The van der Waals surface area contributed by atoms with Crippen LogP contribution in [-0.2, 0) is 6.42 Å². The van der Waals surface area contributed by atoms with Crippen LogP contribution in [0.5, 0.6) is 11.6 Å². The molecule has 19 heavy (non-hydrogen) atoms. The summed E-state index contributed by atoms with van der Waals surface area (Å²) in [5.74, 6) is -0.283. The van der Waals surface area contributed by atoms with E-state index >= 15 is 0 Å². The number of rotatable bonds is 5. The Morgan fingerprint density at radius 1 is 1.26 bits per heavy atom. The van der Waals surface area contributed by atoms with Gasteiger partial charge in [-0.1, -0.05) is 25.5 Å². The average molecular weight is 281 g/mol. The van der Waals surface area contributed by atoms with Crippen LogP contribution in [-0.4, -0.2) is 9.97 Å². The van der Waals surface area contributed by atoms with Crippen molar-refractivity contribution in [3.8, 4) is 11.6 Å². The highest BCUT2D eigenvalue weighted by atomic mass is 35.5. The van der Waals surface area contributed by atoms with Gasteiger partial charge in [0.2, 0.25) is 11.1 Å². The summed E-state index contributed by atoms with van der Waals surface area (Å²) in [5, 5.41) is -0.0454. The van der Waals surface area contributed by atoms with E-state index in [2.05, 4.69) is 16.9 Å². The lowest BCUT2D eigenvalue weighted by molar-refractivity contribution is 0.419. The number of ether oxygens (including phenoxy) is 1. The molecule has 0 spiro atoms. The number of nitrogens with zero attached hydrogens (tertiary/aromatic N) is 2. The molecule has 1 heterocycles. The molecule has 2 aromatic rings. The summed E-state index contributed by atoms with van der Waals surface area (Å²) in [6.45, 7) is 2.15. The summed E-state index contributed by atoms with van der Waals surface area (Å²) in [7, 11) is 0. The molecule has 0 aliphatic heterocycles. The fourth-order valence-electron chi connectivity index (χ4n) is 1.62. The van der Waals surface area contributed by atoms with Crippen molar-refractivity contribution < 1.29 is 9.13 Å².